The molecule has 0 radical (unpaired) electrons. The second-order valence-corrected chi connectivity index (χ2v) is 3.42. The molecule has 0 fully saturated rings. The maximum Gasteiger partial charge on any atom is 0.0872 e. The predicted octanol–water partition coefficient (Wildman–Crippen LogP) is 2.61. The standard InChI is InChI=1S/C10H17NO2.ClH/c1-7(2)10(11,5-8(3)12)6-9(4)13;/h12-13H,1,3-6,11H2,2H3;1H. The van der Waals surface area contributed by atoms with Crippen LogP contribution < -0.4 is 5.73 Å². The van der Waals surface area contributed by atoms with E-state index in [2.05, 4.69) is 19.7 Å². The highest BCUT2D eigenvalue weighted by molar-refractivity contribution is 5.85. The van der Waals surface area contributed by atoms with Crippen LogP contribution >= 0.6 is 12.4 Å². The lowest BCUT2D eigenvalue weighted by Crippen LogP contribution is -2.41. The van der Waals surface area contributed by atoms with E-state index in [9.17, 15) is 0 Å². The van der Waals surface area contributed by atoms with Crippen molar-refractivity contribution in [2.45, 2.75) is 25.3 Å². The van der Waals surface area contributed by atoms with Gasteiger partial charge in [-0.25, -0.2) is 0 Å². The van der Waals surface area contributed by atoms with Crippen molar-refractivity contribution in [2.24, 2.45) is 5.73 Å². The second-order valence-electron chi connectivity index (χ2n) is 3.42. The number of aliphatic hydroxyl groups is 2. The molecule has 0 saturated heterocycles. The van der Waals surface area contributed by atoms with Gasteiger partial charge >= 0.3 is 0 Å². The summed E-state index contributed by atoms with van der Waals surface area (Å²) in [4.78, 5) is 0. The Bertz CT molecular complexity index is 233. The molecule has 0 atom stereocenters. The van der Waals surface area contributed by atoms with E-state index in [0.29, 0.717) is 5.57 Å². The van der Waals surface area contributed by atoms with Gasteiger partial charge < -0.3 is 15.9 Å². The van der Waals surface area contributed by atoms with Gasteiger partial charge in [-0.2, -0.15) is 0 Å². The Kier molecular flexibility index (Phi) is 6.36. The lowest BCUT2D eigenvalue weighted by molar-refractivity contribution is 0.307. The molecule has 0 saturated carbocycles. The second kappa shape index (κ2) is 5.73. The SMILES string of the molecule is C=C(O)CC(N)(CC(=C)O)C(=C)C.Cl. The third-order valence-electron chi connectivity index (χ3n) is 1.89. The van der Waals surface area contributed by atoms with Crippen LogP contribution in [0.15, 0.2) is 36.8 Å². The number of aliphatic hydroxyl groups excluding tert-OH is 2. The minimum absolute atomic E-state index is 0. The Morgan fingerprint density at radius 1 is 1.14 bits per heavy atom. The summed E-state index contributed by atoms with van der Waals surface area (Å²) in [6, 6.07) is 0. The Morgan fingerprint density at radius 3 is 1.57 bits per heavy atom. The molecule has 0 spiro atoms. The first-order valence-corrected chi connectivity index (χ1v) is 3.96. The molecule has 0 amide bonds. The number of rotatable bonds is 5. The fourth-order valence-corrected chi connectivity index (χ4v) is 1.09. The van der Waals surface area contributed by atoms with Crippen LogP contribution in [0.4, 0.5) is 0 Å². The van der Waals surface area contributed by atoms with Crippen molar-refractivity contribution in [3.8, 4) is 0 Å². The molecule has 0 aliphatic carbocycles. The highest BCUT2D eigenvalue weighted by atomic mass is 35.5. The number of halogens is 1. The van der Waals surface area contributed by atoms with Crippen LogP contribution in [0.2, 0.25) is 0 Å². The van der Waals surface area contributed by atoms with Crippen LogP contribution in [0.1, 0.15) is 19.8 Å². The summed E-state index contributed by atoms with van der Waals surface area (Å²) < 4.78 is 0. The van der Waals surface area contributed by atoms with Crippen molar-refractivity contribution in [1.82, 2.24) is 0 Å². The molecule has 82 valence electrons. The quantitative estimate of drug-likeness (QED) is 0.492. The molecule has 0 aliphatic heterocycles. The zero-order chi connectivity index (χ0) is 10.6. The summed E-state index contributed by atoms with van der Waals surface area (Å²) >= 11 is 0. The van der Waals surface area contributed by atoms with Gasteiger partial charge in [-0.05, 0) is 6.92 Å². The molecule has 3 nitrogen and oxygen atoms in total. The normalized spacial score (nSPS) is 10.1. The predicted molar refractivity (Wildman–Crippen MR) is 61.8 cm³/mol. The van der Waals surface area contributed by atoms with Crippen LogP contribution in [-0.4, -0.2) is 15.8 Å². The number of hydrogen-bond acceptors (Lipinski definition) is 3. The summed E-state index contributed by atoms with van der Waals surface area (Å²) in [6.07, 6.45) is 0.365. The molecule has 0 bridgehead atoms. The van der Waals surface area contributed by atoms with Crippen LogP contribution in [0, 0.1) is 0 Å². The zero-order valence-electron chi connectivity index (χ0n) is 8.42. The third-order valence-corrected chi connectivity index (χ3v) is 1.89. The Morgan fingerprint density at radius 2 is 1.43 bits per heavy atom. The van der Waals surface area contributed by atoms with Gasteiger partial charge in [0.05, 0.1) is 17.1 Å². The Hall–Kier alpha value is -0.930. The van der Waals surface area contributed by atoms with Gasteiger partial charge in [0.1, 0.15) is 0 Å². The minimum Gasteiger partial charge on any atom is -0.513 e. The molecule has 0 aromatic rings. The number of hydrogen-bond donors (Lipinski definition) is 3. The van der Waals surface area contributed by atoms with Crippen molar-refractivity contribution in [1.29, 1.82) is 0 Å². The largest absolute Gasteiger partial charge is 0.513 e. The molecule has 0 aromatic carbocycles. The smallest absolute Gasteiger partial charge is 0.0872 e. The van der Waals surface area contributed by atoms with Gasteiger partial charge in [-0.3, -0.25) is 0 Å². The van der Waals surface area contributed by atoms with E-state index in [1.807, 2.05) is 0 Å². The summed E-state index contributed by atoms with van der Waals surface area (Å²) in [5, 5.41) is 18.0. The molecule has 14 heavy (non-hydrogen) atoms. The highest BCUT2D eigenvalue weighted by Gasteiger charge is 2.27. The molecule has 0 rings (SSSR count). The van der Waals surface area contributed by atoms with E-state index in [4.69, 9.17) is 15.9 Å². The molecule has 0 aliphatic rings. The van der Waals surface area contributed by atoms with E-state index in [0.717, 1.165) is 0 Å². The first-order valence-electron chi connectivity index (χ1n) is 3.96. The Balaban J connectivity index is 0. The molecular weight excluding hydrogens is 202 g/mol. The van der Waals surface area contributed by atoms with E-state index in [1.54, 1.807) is 6.92 Å². The van der Waals surface area contributed by atoms with Gasteiger partial charge in [-0.15, -0.1) is 12.4 Å². The summed E-state index contributed by atoms with van der Waals surface area (Å²) in [5.74, 6) is -0.0431. The van der Waals surface area contributed by atoms with E-state index >= 15 is 0 Å². The topological polar surface area (TPSA) is 66.5 Å². The maximum atomic E-state index is 9.02. The average Bonchev–Trinajstić information content (AvgIpc) is 1.82. The van der Waals surface area contributed by atoms with E-state index < -0.39 is 5.54 Å². The fraction of sp³-hybridized carbons (Fsp3) is 0.400. The maximum absolute atomic E-state index is 9.02. The molecule has 4 N–H and O–H groups in total. The Labute approximate surface area is 91.0 Å². The van der Waals surface area contributed by atoms with Crippen LogP contribution in [-0.2, 0) is 0 Å². The summed E-state index contributed by atoms with van der Waals surface area (Å²) in [5.41, 5.74) is 5.73. The third kappa shape index (κ3) is 4.94. The van der Waals surface area contributed by atoms with Crippen LogP contribution in [0.25, 0.3) is 0 Å². The minimum atomic E-state index is -0.850. The highest BCUT2D eigenvalue weighted by Crippen LogP contribution is 2.25. The fourth-order valence-electron chi connectivity index (χ4n) is 1.09. The molecule has 0 heterocycles. The molecule has 4 heteroatoms. The number of nitrogens with two attached hydrogens (primary N) is 1. The van der Waals surface area contributed by atoms with E-state index in [-0.39, 0.29) is 36.8 Å². The van der Waals surface area contributed by atoms with Crippen LogP contribution in [0.5, 0.6) is 0 Å². The van der Waals surface area contributed by atoms with Crippen molar-refractivity contribution >= 4 is 12.4 Å². The van der Waals surface area contributed by atoms with Crippen molar-refractivity contribution in [3.63, 3.8) is 0 Å². The zero-order valence-corrected chi connectivity index (χ0v) is 9.23. The lowest BCUT2D eigenvalue weighted by Gasteiger charge is -2.29. The first kappa shape index (κ1) is 15.5. The van der Waals surface area contributed by atoms with Crippen molar-refractivity contribution < 1.29 is 10.2 Å². The monoisotopic (exact) mass is 219 g/mol. The van der Waals surface area contributed by atoms with Crippen molar-refractivity contribution in [2.75, 3.05) is 0 Å². The van der Waals surface area contributed by atoms with Gasteiger partial charge in [0, 0.05) is 12.8 Å². The van der Waals surface area contributed by atoms with Crippen LogP contribution in [0.3, 0.4) is 0 Å². The molecule has 0 aromatic heterocycles. The summed E-state index contributed by atoms with van der Waals surface area (Å²) in [6.45, 7) is 12.2. The van der Waals surface area contributed by atoms with Gasteiger partial charge in [0.25, 0.3) is 0 Å². The van der Waals surface area contributed by atoms with Gasteiger partial charge in [0.15, 0.2) is 0 Å². The summed E-state index contributed by atoms with van der Waals surface area (Å²) in [7, 11) is 0. The average molecular weight is 220 g/mol. The first-order chi connectivity index (χ1) is 5.78. The lowest BCUT2D eigenvalue weighted by atomic mass is 9.85. The van der Waals surface area contributed by atoms with Gasteiger partial charge in [0.2, 0.25) is 0 Å². The van der Waals surface area contributed by atoms with E-state index in [1.165, 1.54) is 0 Å². The molecule has 0 unspecified atom stereocenters. The van der Waals surface area contributed by atoms with Gasteiger partial charge in [-0.1, -0.05) is 25.3 Å². The molecular formula is C10H18ClNO2. The van der Waals surface area contributed by atoms with Crippen molar-refractivity contribution in [3.05, 3.63) is 36.8 Å².